The molecule has 7 nitrogen and oxygen atoms in total. The van der Waals surface area contributed by atoms with Gasteiger partial charge in [-0.3, -0.25) is 9.59 Å². The van der Waals surface area contributed by atoms with Gasteiger partial charge < -0.3 is 19.5 Å². The average molecular weight is 433 g/mol. The van der Waals surface area contributed by atoms with Crippen LogP contribution in [0, 0.1) is 25.2 Å². The minimum Gasteiger partial charge on any atom is -0.376 e. The number of aryl methyl sites for hydroxylation is 1. The third-order valence-electron chi connectivity index (χ3n) is 6.18. The van der Waals surface area contributed by atoms with E-state index in [1.165, 1.54) is 0 Å². The molecule has 0 saturated carbocycles. The van der Waals surface area contributed by atoms with Crippen molar-refractivity contribution in [3.8, 4) is 6.07 Å². The first-order chi connectivity index (χ1) is 15.5. The Balaban J connectivity index is 1.51. The first-order valence-corrected chi connectivity index (χ1v) is 11.1. The molecule has 0 bridgehead atoms. The van der Waals surface area contributed by atoms with Crippen LogP contribution in [0.15, 0.2) is 35.9 Å². The van der Waals surface area contributed by atoms with Gasteiger partial charge in [-0.05, 0) is 69.0 Å². The molecule has 2 aliphatic rings. The van der Waals surface area contributed by atoms with Crippen LogP contribution < -0.4 is 10.2 Å². The zero-order valence-electron chi connectivity index (χ0n) is 18.6. The van der Waals surface area contributed by atoms with Crippen molar-refractivity contribution in [2.75, 3.05) is 23.4 Å². The summed E-state index contributed by atoms with van der Waals surface area (Å²) in [5.41, 5.74) is 4.27. The molecule has 2 amide bonds. The molecular formula is C25H28N4O3. The fourth-order valence-electron chi connectivity index (χ4n) is 4.42. The number of hydrogen-bond donors (Lipinski definition) is 1. The maximum absolute atomic E-state index is 12.8. The van der Waals surface area contributed by atoms with E-state index in [1.54, 1.807) is 29.2 Å². The summed E-state index contributed by atoms with van der Waals surface area (Å²) in [6, 6.07) is 11.2. The molecule has 2 aromatic rings. The molecule has 1 unspecified atom stereocenters. The van der Waals surface area contributed by atoms with Crippen LogP contribution in [0.1, 0.15) is 42.6 Å². The van der Waals surface area contributed by atoms with Gasteiger partial charge in [-0.15, -0.1) is 0 Å². The topological polar surface area (TPSA) is 87.4 Å². The second-order valence-electron chi connectivity index (χ2n) is 8.40. The van der Waals surface area contributed by atoms with Crippen molar-refractivity contribution in [2.24, 2.45) is 0 Å². The van der Waals surface area contributed by atoms with E-state index in [4.69, 9.17) is 4.74 Å². The van der Waals surface area contributed by atoms with Gasteiger partial charge in [-0.1, -0.05) is 6.07 Å². The predicted octanol–water partition coefficient (Wildman–Crippen LogP) is 3.96. The molecule has 1 N–H and O–H groups in total. The number of carbonyl (C=O) groups is 2. The predicted molar refractivity (Wildman–Crippen MR) is 123 cm³/mol. The lowest BCUT2D eigenvalue weighted by molar-refractivity contribution is -0.117. The van der Waals surface area contributed by atoms with Gasteiger partial charge in [-0.2, -0.15) is 5.26 Å². The summed E-state index contributed by atoms with van der Waals surface area (Å²) >= 11 is 0. The number of carbonyl (C=O) groups excluding carboxylic acids is 2. The molecule has 4 rings (SSSR count). The van der Waals surface area contributed by atoms with E-state index in [0.717, 1.165) is 55.1 Å². The van der Waals surface area contributed by atoms with E-state index < -0.39 is 5.91 Å². The maximum atomic E-state index is 12.8. The molecule has 2 aliphatic heterocycles. The molecule has 2 fully saturated rings. The summed E-state index contributed by atoms with van der Waals surface area (Å²) in [4.78, 5) is 26.6. The Morgan fingerprint density at radius 2 is 2.16 bits per heavy atom. The Bertz CT molecular complexity index is 1100. The maximum Gasteiger partial charge on any atom is 0.266 e. The summed E-state index contributed by atoms with van der Waals surface area (Å²) in [7, 11) is 0. The van der Waals surface area contributed by atoms with E-state index in [-0.39, 0.29) is 17.6 Å². The second-order valence-corrected chi connectivity index (χ2v) is 8.40. The monoisotopic (exact) mass is 432 g/mol. The van der Waals surface area contributed by atoms with Crippen molar-refractivity contribution >= 4 is 29.3 Å². The largest absolute Gasteiger partial charge is 0.376 e. The van der Waals surface area contributed by atoms with Gasteiger partial charge in [0.05, 0.1) is 6.10 Å². The van der Waals surface area contributed by atoms with E-state index in [9.17, 15) is 14.9 Å². The molecule has 1 atom stereocenters. The van der Waals surface area contributed by atoms with Crippen LogP contribution in [-0.4, -0.2) is 35.6 Å². The number of nitriles is 1. The summed E-state index contributed by atoms with van der Waals surface area (Å²) in [5, 5.41) is 12.4. The number of ether oxygens (including phenoxy) is 1. The van der Waals surface area contributed by atoms with E-state index in [0.29, 0.717) is 18.7 Å². The Kier molecular flexibility index (Phi) is 6.42. The second kappa shape index (κ2) is 9.41. The minimum atomic E-state index is -0.471. The molecule has 166 valence electrons. The van der Waals surface area contributed by atoms with Crippen LogP contribution in [0.25, 0.3) is 6.08 Å². The normalized spacial score (nSPS) is 18.8. The van der Waals surface area contributed by atoms with Gasteiger partial charge in [0.2, 0.25) is 5.91 Å². The van der Waals surface area contributed by atoms with Gasteiger partial charge in [0, 0.05) is 48.9 Å². The SMILES string of the molecule is Cc1cc(/C=C(\C#N)C(=O)Nc2cccc(N3CCCC3=O)c2)c(C)n1CC1CCCO1. The van der Waals surface area contributed by atoms with Crippen molar-refractivity contribution in [1.82, 2.24) is 4.57 Å². The standard InChI is InChI=1S/C25H28N4O3/c1-17-12-19(18(2)29(17)16-23-8-5-11-32-23)13-20(15-26)25(31)27-21-6-3-7-22(14-21)28-10-4-9-24(28)30/h3,6-7,12-14,23H,4-5,8-11,16H2,1-2H3,(H,27,31)/b20-13+. The molecule has 1 aromatic heterocycles. The van der Waals surface area contributed by atoms with Crippen molar-refractivity contribution in [3.05, 3.63) is 52.9 Å². The van der Waals surface area contributed by atoms with E-state index in [2.05, 4.69) is 9.88 Å². The van der Waals surface area contributed by atoms with Crippen LogP contribution in [0.4, 0.5) is 11.4 Å². The highest BCUT2D eigenvalue weighted by molar-refractivity contribution is 6.10. The Labute approximate surface area is 188 Å². The molecule has 3 heterocycles. The molecule has 7 heteroatoms. The molecule has 32 heavy (non-hydrogen) atoms. The highest BCUT2D eigenvalue weighted by atomic mass is 16.5. The van der Waals surface area contributed by atoms with Crippen molar-refractivity contribution in [3.63, 3.8) is 0 Å². The molecular weight excluding hydrogens is 404 g/mol. The molecule has 0 spiro atoms. The lowest BCUT2D eigenvalue weighted by Crippen LogP contribution is -2.23. The van der Waals surface area contributed by atoms with Crippen LogP contribution in [0.2, 0.25) is 0 Å². The number of amides is 2. The Morgan fingerprint density at radius 3 is 2.84 bits per heavy atom. The molecule has 2 saturated heterocycles. The number of benzene rings is 1. The summed E-state index contributed by atoms with van der Waals surface area (Å²) in [6.07, 6.45) is 5.37. The first kappa shape index (κ1) is 21.8. The third kappa shape index (κ3) is 4.61. The fraction of sp³-hybridized carbons (Fsp3) is 0.400. The number of hydrogen-bond acceptors (Lipinski definition) is 4. The number of rotatable bonds is 6. The zero-order valence-corrected chi connectivity index (χ0v) is 18.6. The lowest BCUT2D eigenvalue weighted by Gasteiger charge is -2.16. The van der Waals surface area contributed by atoms with Crippen molar-refractivity contribution < 1.29 is 14.3 Å². The zero-order chi connectivity index (χ0) is 22.7. The van der Waals surface area contributed by atoms with Gasteiger partial charge in [0.1, 0.15) is 11.6 Å². The fourth-order valence-corrected chi connectivity index (χ4v) is 4.42. The van der Waals surface area contributed by atoms with Crippen molar-refractivity contribution in [2.45, 2.75) is 52.2 Å². The Hall–Kier alpha value is -3.37. The van der Waals surface area contributed by atoms with Gasteiger partial charge in [0.25, 0.3) is 5.91 Å². The lowest BCUT2D eigenvalue weighted by atomic mass is 10.1. The average Bonchev–Trinajstić information content (AvgIpc) is 3.50. The molecule has 0 aliphatic carbocycles. The first-order valence-electron chi connectivity index (χ1n) is 11.1. The quantitative estimate of drug-likeness (QED) is 0.553. The number of aromatic nitrogens is 1. The van der Waals surface area contributed by atoms with Crippen LogP contribution in [0.3, 0.4) is 0 Å². The van der Waals surface area contributed by atoms with Gasteiger partial charge in [-0.25, -0.2) is 0 Å². The number of nitrogens with zero attached hydrogens (tertiary/aromatic N) is 3. The highest BCUT2D eigenvalue weighted by Gasteiger charge is 2.22. The summed E-state index contributed by atoms with van der Waals surface area (Å²) < 4.78 is 7.94. The highest BCUT2D eigenvalue weighted by Crippen LogP contribution is 2.25. The Morgan fingerprint density at radius 1 is 1.31 bits per heavy atom. The number of anilines is 2. The van der Waals surface area contributed by atoms with Gasteiger partial charge >= 0.3 is 0 Å². The molecule has 0 radical (unpaired) electrons. The minimum absolute atomic E-state index is 0.0324. The van der Waals surface area contributed by atoms with Gasteiger partial charge in [0.15, 0.2) is 0 Å². The summed E-state index contributed by atoms with van der Waals surface area (Å²) in [5.74, 6) is -0.384. The van der Waals surface area contributed by atoms with E-state index >= 15 is 0 Å². The van der Waals surface area contributed by atoms with Crippen LogP contribution >= 0.6 is 0 Å². The number of nitrogens with one attached hydrogen (secondary N) is 1. The summed E-state index contributed by atoms with van der Waals surface area (Å²) in [6.45, 7) is 6.29. The van der Waals surface area contributed by atoms with Crippen LogP contribution in [0.5, 0.6) is 0 Å². The van der Waals surface area contributed by atoms with Crippen LogP contribution in [-0.2, 0) is 20.9 Å². The third-order valence-corrected chi connectivity index (χ3v) is 6.18. The van der Waals surface area contributed by atoms with Crippen molar-refractivity contribution in [1.29, 1.82) is 5.26 Å². The van der Waals surface area contributed by atoms with E-state index in [1.807, 2.05) is 32.0 Å². The molecule has 1 aromatic carbocycles. The smallest absolute Gasteiger partial charge is 0.266 e.